The first-order valence-corrected chi connectivity index (χ1v) is 7.11. The largest absolute Gasteiger partial charge is 0.357 e. The predicted molar refractivity (Wildman–Crippen MR) is 82.1 cm³/mol. The van der Waals surface area contributed by atoms with Gasteiger partial charge in [-0.25, -0.2) is 4.98 Å². The zero-order chi connectivity index (χ0) is 14.2. The summed E-state index contributed by atoms with van der Waals surface area (Å²) < 4.78 is 1.93. The topological polar surface area (TPSA) is 58.4 Å². The molecule has 0 spiro atoms. The molecular formula is C15H16N6. The van der Waals surface area contributed by atoms with Crippen LogP contribution < -0.4 is 10.2 Å². The second kappa shape index (κ2) is 4.73. The third-order valence-corrected chi connectivity index (χ3v) is 3.90. The lowest BCUT2D eigenvalue weighted by Gasteiger charge is -2.30. The highest BCUT2D eigenvalue weighted by molar-refractivity contribution is 5.75. The minimum absolute atomic E-state index is 0.721. The smallest absolute Gasteiger partial charge is 0.228 e. The van der Waals surface area contributed by atoms with Crippen molar-refractivity contribution in [2.75, 3.05) is 23.8 Å². The first-order valence-electron chi connectivity index (χ1n) is 7.11. The highest BCUT2D eigenvalue weighted by Crippen LogP contribution is 2.33. The van der Waals surface area contributed by atoms with Crippen molar-refractivity contribution in [3.8, 4) is 0 Å². The summed E-state index contributed by atoms with van der Waals surface area (Å²) in [7, 11) is 1.84. The van der Waals surface area contributed by atoms with Gasteiger partial charge in [-0.05, 0) is 24.5 Å². The minimum Gasteiger partial charge on any atom is -0.357 e. The summed E-state index contributed by atoms with van der Waals surface area (Å²) >= 11 is 0. The lowest BCUT2D eigenvalue weighted by Crippen LogP contribution is -2.25. The van der Waals surface area contributed by atoms with Crippen molar-refractivity contribution in [2.24, 2.45) is 0 Å². The number of benzene rings is 1. The maximum absolute atomic E-state index is 4.55. The number of rotatable bonds is 2. The fourth-order valence-corrected chi connectivity index (χ4v) is 2.93. The molecule has 1 aliphatic rings. The Bertz CT molecular complexity index is 794. The maximum Gasteiger partial charge on any atom is 0.228 e. The predicted octanol–water partition coefficient (Wildman–Crippen LogP) is 2.25. The summed E-state index contributed by atoms with van der Waals surface area (Å²) in [4.78, 5) is 6.79. The zero-order valence-corrected chi connectivity index (χ0v) is 11.8. The van der Waals surface area contributed by atoms with Gasteiger partial charge in [-0.1, -0.05) is 18.2 Å². The summed E-state index contributed by atoms with van der Waals surface area (Å²) in [6.45, 7) is 0.950. The van der Waals surface area contributed by atoms with Gasteiger partial charge < -0.3 is 10.2 Å². The lowest BCUT2D eigenvalue weighted by molar-refractivity contribution is 0.759. The monoisotopic (exact) mass is 280 g/mol. The Hall–Kier alpha value is -2.63. The summed E-state index contributed by atoms with van der Waals surface area (Å²) in [5, 5.41) is 11.5. The molecule has 0 unspecified atom stereocenters. The Balaban J connectivity index is 1.90. The van der Waals surface area contributed by atoms with Crippen LogP contribution in [0.15, 0.2) is 36.7 Å². The second-order valence-corrected chi connectivity index (χ2v) is 5.10. The van der Waals surface area contributed by atoms with Crippen LogP contribution in [0.4, 0.5) is 17.5 Å². The van der Waals surface area contributed by atoms with E-state index >= 15 is 0 Å². The lowest BCUT2D eigenvalue weighted by atomic mass is 10.0. The molecule has 0 fully saturated rings. The van der Waals surface area contributed by atoms with Gasteiger partial charge in [0, 0.05) is 31.7 Å². The Kier molecular flexibility index (Phi) is 2.73. The van der Waals surface area contributed by atoms with Crippen molar-refractivity contribution in [2.45, 2.75) is 12.8 Å². The van der Waals surface area contributed by atoms with E-state index in [1.54, 1.807) is 6.20 Å². The molecule has 0 saturated carbocycles. The molecule has 0 amide bonds. The third-order valence-electron chi connectivity index (χ3n) is 3.90. The average Bonchev–Trinajstić information content (AvgIpc) is 2.97. The van der Waals surface area contributed by atoms with Gasteiger partial charge in [0.25, 0.3) is 0 Å². The highest BCUT2D eigenvalue weighted by Gasteiger charge is 2.22. The van der Waals surface area contributed by atoms with Crippen LogP contribution in [-0.4, -0.2) is 33.2 Å². The number of aromatic nitrogens is 4. The van der Waals surface area contributed by atoms with Crippen LogP contribution in [0.3, 0.4) is 0 Å². The van der Waals surface area contributed by atoms with Gasteiger partial charge in [0.2, 0.25) is 11.6 Å². The van der Waals surface area contributed by atoms with Crippen molar-refractivity contribution >= 4 is 23.1 Å². The Labute approximate surface area is 122 Å². The van der Waals surface area contributed by atoms with E-state index < -0.39 is 0 Å². The maximum atomic E-state index is 4.55. The molecule has 0 atom stereocenters. The molecule has 6 heteroatoms. The zero-order valence-electron chi connectivity index (χ0n) is 11.8. The molecule has 3 heterocycles. The molecule has 6 nitrogen and oxygen atoms in total. The number of fused-ring (bicyclic) bond motifs is 2. The molecule has 0 bridgehead atoms. The van der Waals surface area contributed by atoms with E-state index in [1.165, 1.54) is 11.3 Å². The molecule has 0 aliphatic carbocycles. The summed E-state index contributed by atoms with van der Waals surface area (Å²) in [5.74, 6) is 1.58. The van der Waals surface area contributed by atoms with E-state index in [0.717, 1.165) is 36.8 Å². The highest BCUT2D eigenvalue weighted by atomic mass is 15.3. The summed E-state index contributed by atoms with van der Waals surface area (Å²) in [6, 6.07) is 8.49. The molecule has 3 aromatic rings. The molecular weight excluding hydrogens is 264 g/mol. The minimum atomic E-state index is 0.721. The van der Waals surface area contributed by atoms with Crippen LogP contribution in [0.2, 0.25) is 0 Å². The molecule has 2 aromatic heterocycles. The summed E-state index contributed by atoms with van der Waals surface area (Å²) in [6.07, 6.45) is 5.90. The van der Waals surface area contributed by atoms with Gasteiger partial charge in [0.15, 0.2) is 5.82 Å². The van der Waals surface area contributed by atoms with Crippen LogP contribution in [0, 0.1) is 0 Å². The van der Waals surface area contributed by atoms with Crippen molar-refractivity contribution in [1.29, 1.82) is 0 Å². The van der Waals surface area contributed by atoms with E-state index in [1.807, 2.05) is 17.6 Å². The standard InChI is InChI=1S/C15H16N6/c1-16-15-19-18-14-13(17-8-10-21(14)15)20-9-4-6-11-5-2-3-7-12(11)20/h2-3,5,7-8,10H,4,6,9H2,1H3,(H,16,19). The number of para-hydroxylation sites is 1. The number of anilines is 3. The quantitative estimate of drug-likeness (QED) is 0.780. The van der Waals surface area contributed by atoms with E-state index in [9.17, 15) is 0 Å². The SMILES string of the molecule is CNc1nnc2c(N3CCCc4ccccc43)nccn12. The molecule has 0 radical (unpaired) electrons. The van der Waals surface area contributed by atoms with E-state index in [0.29, 0.717) is 0 Å². The molecule has 1 aliphatic heterocycles. The van der Waals surface area contributed by atoms with E-state index in [4.69, 9.17) is 0 Å². The number of hydrogen-bond donors (Lipinski definition) is 1. The van der Waals surface area contributed by atoms with Gasteiger partial charge >= 0.3 is 0 Å². The van der Waals surface area contributed by atoms with Gasteiger partial charge in [-0.2, -0.15) is 0 Å². The van der Waals surface area contributed by atoms with Crippen LogP contribution in [-0.2, 0) is 6.42 Å². The number of nitrogens with one attached hydrogen (secondary N) is 1. The fourth-order valence-electron chi connectivity index (χ4n) is 2.93. The van der Waals surface area contributed by atoms with Crippen molar-refractivity contribution in [3.63, 3.8) is 0 Å². The van der Waals surface area contributed by atoms with E-state index in [2.05, 4.69) is 49.7 Å². The Morgan fingerprint density at radius 1 is 1.19 bits per heavy atom. The van der Waals surface area contributed by atoms with Gasteiger partial charge in [0.1, 0.15) is 0 Å². The molecule has 0 saturated heterocycles. The third kappa shape index (κ3) is 1.83. The van der Waals surface area contributed by atoms with E-state index in [-0.39, 0.29) is 0 Å². The first-order chi connectivity index (χ1) is 10.4. The molecule has 4 rings (SSSR count). The van der Waals surface area contributed by atoms with Crippen molar-refractivity contribution < 1.29 is 0 Å². The van der Waals surface area contributed by atoms with Gasteiger partial charge in [-0.15, -0.1) is 10.2 Å². The average molecular weight is 280 g/mol. The van der Waals surface area contributed by atoms with Gasteiger partial charge in [0.05, 0.1) is 0 Å². The van der Waals surface area contributed by atoms with Gasteiger partial charge in [-0.3, -0.25) is 4.40 Å². The summed E-state index contributed by atoms with van der Waals surface area (Å²) in [5.41, 5.74) is 3.36. The molecule has 1 N–H and O–H groups in total. The molecule has 1 aromatic carbocycles. The molecule has 106 valence electrons. The van der Waals surface area contributed by atoms with Crippen LogP contribution in [0.5, 0.6) is 0 Å². The molecule has 21 heavy (non-hydrogen) atoms. The van der Waals surface area contributed by atoms with Crippen molar-refractivity contribution in [3.05, 3.63) is 42.2 Å². The van der Waals surface area contributed by atoms with Crippen molar-refractivity contribution in [1.82, 2.24) is 19.6 Å². The fraction of sp³-hybridized carbons (Fsp3) is 0.267. The number of aryl methyl sites for hydroxylation is 1. The Morgan fingerprint density at radius 2 is 2.10 bits per heavy atom. The Morgan fingerprint density at radius 3 is 3.00 bits per heavy atom. The first kappa shape index (κ1) is 12.1. The van der Waals surface area contributed by atoms with Crippen LogP contribution in [0.25, 0.3) is 5.65 Å². The number of nitrogens with zero attached hydrogens (tertiary/aromatic N) is 5. The number of hydrogen-bond acceptors (Lipinski definition) is 5. The van der Waals surface area contributed by atoms with Crippen LogP contribution in [0.1, 0.15) is 12.0 Å². The van der Waals surface area contributed by atoms with Crippen LogP contribution >= 0.6 is 0 Å². The normalized spacial score (nSPS) is 14.2. The second-order valence-electron chi connectivity index (χ2n) is 5.10.